The Morgan fingerprint density at radius 3 is 1.53 bits per heavy atom. The van der Waals surface area contributed by atoms with E-state index in [9.17, 15) is 24.0 Å². The lowest BCUT2D eigenvalue weighted by Gasteiger charge is -2.68. The van der Waals surface area contributed by atoms with Crippen LogP contribution in [0.15, 0.2) is 30.3 Å². The van der Waals surface area contributed by atoms with Gasteiger partial charge in [0.05, 0.1) is 41.6 Å². The van der Waals surface area contributed by atoms with Crippen LogP contribution < -0.4 is 0 Å². The smallest absolute Gasteiger partial charge is 0.338 e. The van der Waals surface area contributed by atoms with E-state index in [1.165, 1.54) is 37.5 Å². The molecule has 0 N–H and O–H groups in total. The number of amides is 2. The number of ketones is 2. The van der Waals surface area contributed by atoms with Crippen molar-refractivity contribution in [1.82, 2.24) is 9.80 Å². The van der Waals surface area contributed by atoms with Crippen molar-refractivity contribution in [2.24, 2.45) is 10.8 Å². The number of Topliss-reactive ketones (excluding diaryl/α,β-unsaturated/α-hetero) is 2. The highest BCUT2D eigenvalue weighted by Crippen LogP contribution is 2.62. The number of rotatable bonds is 4. The zero-order valence-electron chi connectivity index (χ0n) is 19.4. The van der Waals surface area contributed by atoms with Crippen LogP contribution in [0.5, 0.6) is 0 Å². The molecule has 8 heteroatoms. The van der Waals surface area contributed by atoms with Gasteiger partial charge >= 0.3 is 5.97 Å². The fourth-order valence-electron chi connectivity index (χ4n) is 5.50. The molecule has 8 nitrogen and oxygen atoms in total. The summed E-state index contributed by atoms with van der Waals surface area (Å²) >= 11 is 0. The van der Waals surface area contributed by atoms with Gasteiger partial charge in [0.1, 0.15) is 17.7 Å². The van der Waals surface area contributed by atoms with Gasteiger partial charge in [0.25, 0.3) is 0 Å². The highest BCUT2D eigenvalue weighted by molar-refractivity contribution is 5.98. The Bertz CT molecular complexity index is 924. The molecule has 1 aromatic rings. The molecule has 2 fully saturated rings. The first-order chi connectivity index (χ1) is 14.9. The molecule has 0 bridgehead atoms. The minimum atomic E-state index is -1.18. The Labute approximate surface area is 187 Å². The maximum atomic E-state index is 12.8. The van der Waals surface area contributed by atoms with Crippen LogP contribution in [0, 0.1) is 10.8 Å². The predicted molar refractivity (Wildman–Crippen MR) is 116 cm³/mol. The summed E-state index contributed by atoms with van der Waals surface area (Å²) in [7, 11) is 0. The number of esters is 1. The van der Waals surface area contributed by atoms with Crippen LogP contribution in [0.2, 0.25) is 0 Å². The van der Waals surface area contributed by atoms with Crippen LogP contribution in [0.3, 0.4) is 0 Å². The van der Waals surface area contributed by atoms with Gasteiger partial charge in [-0.05, 0) is 39.8 Å². The maximum Gasteiger partial charge on any atom is 0.338 e. The van der Waals surface area contributed by atoms with Gasteiger partial charge in [0.2, 0.25) is 11.8 Å². The van der Waals surface area contributed by atoms with E-state index in [4.69, 9.17) is 4.74 Å². The average molecular weight is 443 g/mol. The van der Waals surface area contributed by atoms with Gasteiger partial charge in [-0.25, -0.2) is 4.79 Å². The van der Waals surface area contributed by atoms with Crippen molar-refractivity contribution in [1.29, 1.82) is 0 Å². The third-order valence-electron chi connectivity index (χ3n) is 7.59. The van der Waals surface area contributed by atoms with E-state index in [1.807, 2.05) is 0 Å². The number of carbonyl (C=O) groups excluding carboxylic acids is 5. The topological polar surface area (TPSA) is 101 Å². The van der Waals surface area contributed by atoms with Crippen molar-refractivity contribution in [2.75, 3.05) is 13.1 Å². The normalized spacial score (nSPS) is 31.6. The Hall–Kier alpha value is -3.03. The molecule has 0 aromatic heterocycles. The van der Waals surface area contributed by atoms with Gasteiger partial charge in [0.15, 0.2) is 0 Å². The number of fused-ring (bicyclic) bond motifs is 1. The fraction of sp³-hybridized carbons (Fsp3) is 0.542. The van der Waals surface area contributed by atoms with Crippen molar-refractivity contribution in [3.05, 3.63) is 35.9 Å². The minimum absolute atomic E-state index is 0.0235. The van der Waals surface area contributed by atoms with Crippen molar-refractivity contribution in [2.45, 2.75) is 59.7 Å². The molecule has 0 spiro atoms. The first kappa shape index (κ1) is 23.6. The number of carbonyl (C=O) groups is 5. The molecule has 2 amide bonds. The number of ether oxygens (including phenoxy) is 1. The van der Waals surface area contributed by atoms with Gasteiger partial charge in [-0.2, -0.15) is 0 Å². The molecule has 1 heterocycles. The molecule has 2 aliphatic rings. The molecule has 1 aliphatic heterocycles. The summed E-state index contributed by atoms with van der Waals surface area (Å²) in [6, 6.07) is 7.04. The van der Waals surface area contributed by atoms with Gasteiger partial charge < -0.3 is 14.5 Å². The van der Waals surface area contributed by atoms with Crippen molar-refractivity contribution < 1.29 is 28.7 Å². The molecule has 4 atom stereocenters. The zero-order chi connectivity index (χ0) is 24.0. The highest BCUT2D eigenvalue weighted by atomic mass is 16.5. The molecule has 32 heavy (non-hydrogen) atoms. The second-order valence-electron chi connectivity index (χ2n) is 9.14. The summed E-state index contributed by atoms with van der Waals surface area (Å²) in [5.74, 6) is -1.66. The fourth-order valence-corrected chi connectivity index (χ4v) is 5.50. The number of hydrogen-bond acceptors (Lipinski definition) is 6. The lowest BCUT2D eigenvalue weighted by Crippen LogP contribution is -2.82. The standard InChI is InChI=1S/C24H30N2O6/c1-14(27)23(5)20-21(24(23,6)15(2)28)26(17(4)30)13-19(12-25(20)16(3)29)32-22(31)18-10-8-7-9-11-18/h7-11,19-21H,12-13H2,1-6H3. The monoisotopic (exact) mass is 442 g/mol. The Morgan fingerprint density at radius 1 is 0.781 bits per heavy atom. The second-order valence-corrected chi connectivity index (χ2v) is 9.14. The van der Waals surface area contributed by atoms with Crippen LogP contribution in [-0.4, -0.2) is 70.4 Å². The molecule has 1 aromatic carbocycles. The molecule has 1 saturated heterocycles. The largest absolute Gasteiger partial charge is 0.455 e. The van der Waals surface area contributed by atoms with E-state index in [0.717, 1.165) is 0 Å². The van der Waals surface area contributed by atoms with E-state index < -0.39 is 35.0 Å². The first-order valence-corrected chi connectivity index (χ1v) is 10.7. The van der Waals surface area contributed by atoms with E-state index >= 15 is 0 Å². The van der Waals surface area contributed by atoms with Crippen LogP contribution in [0.1, 0.15) is 51.9 Å². The average Bonchev–Trinajstić information content (AvgIpc) is 2.89. The molecule has 1 saturated carbocycles. The summed E-state index contributed by atoms with van der Waals surface area (Å²) in [4.78, 5) is 66.8. The van der Waals surface area contributed by atoms with Crippen molar-refractivity contribution in [3.63, 3.8) is 0 Å². The van der Waals surface area contributed by atoms with Crippen LogP contribution in [-0.2, 0) is 23.9 Å². The maximum absolute atomic E-state index is 12.8. The van der Waals surface area contributed by atoms with Crippen molar-refractivity contribution >= 4 is 29.4 Å². The lowest BCUT2D eigenvalue weighted by molar-refractivity contribution is -0.206. The third kappa shape index (κ3) is 3.32. The van der Waals surface area contributed by atoms with Crippen LogP contribution in [0.25, 0.3) is 0 Å². The number of benzene rings is 1. The molecular weight excluding hydrogens is 412 g/mol. The van der Waals surface area contributed by atoms with Crippen LogP contribution >= 0.6 is 0 Å². The lowest BCUT2D eigenvalue weighted by atomic mass is 9.41. The van der Waals surface area contributed by atoms with E-state index in [0.29, 0.717) is 5.56 Å². The van der Waals surface area contributed by atoms with Crippen LogP contribution in [0.4, 0.5) is 0 Å². The predicted octanol–water partition coefficient (Wildman–Crippen LogP) is 1.86. The quantitative estimate of drug-likeness (QED) is 0.660. The summed E-state index contributed by atoms with van der Waals surface area (Å²) in [6.07, 6.45) is -0.812. The van der Waals surface area contributed by atoms with Gasteiger partial charge in [-0.3, -0.25) is 19.2 Å². The third-order valence-corrected chi connectivity index (χ3v) is 7.59. The minimum Gasteiger partial charge on any atom is -0.455 e. The summed E-state index contributed by atoms with van der Waals surface area (Å²) in [5, 5.41) is 0. The molecule has 3 rings (SSSR count). The first-order valence-electron chi connectivity index (χ1n) is 10.7. The summed E-state index contributed by atoms with van der Waals surface area (Å²) < 4.78 is 5.70. The molecule has 4 unspecified atom stereocenters. The Kier molecular flexibility index (Phi) is 6.02. The Morgan fingerprint density at radius 2 is 1.19 bits per heavy atom. The van der Waals surface area contributed by atoms with Gasteiger partial charge in [-0.1, -0.05) is 18.2 Å². The SMILES string of the molecule is CC(=O)N1CC(OC(=O)c2ccccc2)CN(C(C)=O)C2C1C(C)(C(C)=O)C2(C)C(C)=O. The van der Waals surface area contributed by atoms with E-state index in [1.54, 1.807) is 44.2 Å². The molecule has 0 radical (unpaired) electrons. The summed E-state index contributed by atoms with van der Waals surface area (Å²) in [6.45, 7) is 8.98. The summed E-state index contributed by atoms with van der Waals surface area (Å²) in [5.41, 5.74) is -2.01. The van der Waals surface area contributed by atoms with Gasteiger partial charge in [0, 0.05) is 13.8 Å². The zero-order valence-corrected chi connectivity index (χ0v) is 19.4. The molecule has 1 aliphatic carbocycles. The second kappa shape index (κ2) is 8.15. The van der Waals surface area contributed by atoms with Gasteiger partial charge in [-0.15, -0.1) is 0 Å². The van der Waals surface area contributed by atoms with E-state index in [-0.39, 0.29) is 36.5 Å². The Balaban J connectivity index is 2.07. The van der Waals surface area contributed by atoms with Crippen molar-refractivity contribution in [3.8, 4) is 0 Å². The number of hydrogen-bond donors (Lipinski definition) is 0. The number of nitrogens with zero attached hydrogens (tertiary/aromatic N) is 2. The van der Waals surface area contributed by atoms with E-state index in [2.05, 4.69) is 0 Å². The molecular formula is C24H30N2O6. The highest BCUT2D eigenvalue weighted by Gasteiger charge is 2.76. The molecule has 172 valence electrons.